The van der Waals surface area contributed by atoms with Gasteiger partial charge in [0.05, 0.1) is 5.75 Å². The molecule has 0 atom stereocenters. The zero-order valence-corrected chi connectivity index (χ0v) is 15.5. The normalized spacial score (nSPS) is 23.3. The maximum atomic E-state index is 11.4. The highest BCUT2D eigenvalue weighted by atomic mass is 127. The lowest BCUT2D eigenvalue weighted by molar-refractivity contribution is 0.277. The van der Waals surface area contributed by atoms with Gasteiger partial charge in [-0.1, -0.05) is 6.92 Å². The van der Waals surface area contributed by atoms with Crippen molar-refractivity contribution in [1.82, 2.24) is 4.90 Å². The molecule has 0 aromatic rings. The molecule has 1 saturated heterocycles. The summed E-state index contributed by atoms with van der Waals surface area (Å²) in [5.74, 6) is 1.60. The summed E-state index contributed by atoms with van der Waals surface area (Å²) in [5, 5.41) is 0. The largest absolute Gasteiger partial charge is 0.370 e. The van der Waals surface area contributed by atoms with Crippen LogP contribution in [0.5, 0.6) is 0 Å². The van der Waals surface area contributed by atoms with Crippen LogP contribution >= 0.6 is 24.0 Å². The molecule has 1 saturated carbocycles. The molecule has 2 N–H and O–H groups in total. The van der Waals surface area contributed by atoms with E-state index in [0.717, 1.165) is 44.7 Å². The number of hydrogen-bond acceptors (Lipinski definition) is 3. The Bertz CT molecular complexity index is 452. The van der Waals surface area contributed by atoms with Gasteiger partial charge in [-0.05, 0) is 31.6 Å². The van der Waals surface area contributed by atoms with Crippen LogP contribution < -0.4 is 5.73 Å². The Hall–Kier alpha value is -0.0500. The van der Waals surface area contributed by atoms with E-state index in [-0.39, 0.29) is 35.1 Å². The Kier molecular flexibility index (Phi) is 6.13. The zero-order valence-electron chi connectivity index (χ0n) is 12.3. The summed E-state index contributed by atoms with van der Waals surface area (Å²) in [6.45, 7) is 4.75. The Balaban J connectivity index is 0.00000200. The van der Waals surface area contributed by atoms with Gasteiger partial charge in [0.1, 0.15) is 9.84 Å². The molecule has 0 amide bonds. The van der Waals surface area contributed by atoms with Crippen LogP contribution in [-0.2, 0) is 9.84 Å². The minimum atomic E-state index is -2.92. The fourth-order valence-corrected chi connectivity index (χ4v) is 4.16. The number of aliphatic imine (C=N–C) groups is 1. The van der Waals surface area contributed by atoms with Crippen LogP contribution in [-0.4, -0.2) is 50.9 Å². The van der Waals surface area contributed by atoms with E-state index in [9.17, 15) is 8.42 Å². The average Bonchev–Trinajstić information content (AvgIpc) is 3.05. The molecule has 0 aromatic heterocycles. The van der Waals surface area contributed by atoms with Crippen molar-refractivity contribution >= 4 is 39.8 Å². The summed E-state index contributed by atoms with van der Waals surface area (Å²) in [5.41, 5.74) is 5.90. The first-order valence-electron chi connectivity index (χ1n) is 7.02. The molecule has 2 fully saturated rings. The number of halogens is 1. The van der Waals surface area contributed by atoms with E-state index in [1.54, 1.807) is 0 Å². The van der Waals surface area contributed by atoms with Gasteiger partial charge >= 0.3 is 0 Å². The third-order valence-corrected chi connectivity index (χ3v) is 5.35. The molecule has 2 rings (SSSR count). The number of nitrogens with two attached hydrogens (primary N) is 1. The Labute approximate surface area is 139 Å². The van der Waals surface area contributed by atoms with Crippen molar-refractivity contribution in [2.24, 2.45) is 22.1 Å². The van der Waals surface area contributed by atoms with Gasteiger partial charge in [0.15, 0.2) is 5.96 Å². The third kappa shape index (κ3) is 5.38. The molecule has 1 aliphatic heterocycles. The summed E-state index contributed by atoms with van der Waals surface area (Å²) in [6.07, 6.45) is 5.52. The van der Waals surface area contributed by atoms with E-state index < -0.39 is 9.84 Å². The number of guanidine groups is 1. The fourth-order valence-electron chi connectivity index (χ4n) is 2.67. The molecule has 0 aromatic carbocycles. The highest BCUT2D eigenvalue weighted by Crippen LogP contribution is 2.46. The molecular formula is C13H26IN3O2S. The highest BCUT2D eigenvalue weighted by molar-refractivity contribution is 14.0. The molecule has 0 radical (unpaired) electrons. The molecule has 1 heterocycles. The Morgan fingerprint density at radius 2 is 1.90 bits per heavy atom. The van der Waals surface area contributed by atoms with Crippen LogP contribution in [0.2, 0.25) is 0 Å². The summed E-state index contributed by atoms with van der Waals surface area (Å²) >= 11 is 0. The van der Waals surface area contributed by atoms with Crippen molar-refractivity contribution in [3.63, 3.8) is 0 Å². The van der Waals surface area contributed by atoms with Crippen molar-refractivity contribution in [2.75, 3.05) is 31.6 Å². The first-order chi connectivity index (χ1) is 8.80. The van der Waals surface area contributed by atoms with Crippen LogP contribution in [0, 0.1) is 11.3 Å². The maximum absolute atomic E-state index is 11.4. The number of sulfone groups is 1. The number of rotatable bonds is 4. The average molecular weight is 415 g/mol. The number of hydrogen-bond donors (Lipinski definition) is 1. The molecule has 1 aliphatic carbocycles. The van der Waals surface area contributed by atoms with Crippen molar-refractivity contribution in [3.05, 3.63) is 0 Å². The van der Waals surface area contributed by atoms with Gasteiger partial charge < -0.3 is 10.6 Å². The molecule has 0 unspecified atom stereocenters. The molecule has 5 nitrogen and oxygen atoms in total. The lowest BCUT2D eigenvalue weighted by Crippen LogP contribution is -2.42. The van der Waals surface area contributed by atoms with Gasteiger partial charge in [-0.2, -0.15) is 0 Å². The molecular weight excluding hydrogens is 389 g/mol. The Morgan fingerprint density at radius 3 is 2.35 bits per heavy atom. The van der Waals surface area contributed by atoms with Crippen molar-refractivity contribution in [1.29, 1.82) is 0 Å². The SMILES string of the molecule is CC1CCN(C(N)=NCC2(CS(C)(=O)=O)CC2)CC1.I. The van der Waals surface area contributed by atoms with Gasteiger partial charge in [0.2, 0.25) is 0 Å². The monoisotopic (exact) mass is 415 g/mol. The van der Waals surface area contributed by atoms with E-state index in [2.05, 4.69) is 16.8 Å². The molecule has 2 aliphatic rings. The van der Waals surface area contributed by atoms with Crippen LogP contribution in [0.4, 0.5) is 0 Å². The molecule has 118 valence electrons. The molecule has 20 heavy (non-hydrogen) atoms. The molecule has 0 bridgehead atoms. The van der Waals surface area contributed by atoms with E-state index in [1.807, 2.05) is 0 Å². The smallest absolute Gasteiger partial charge is 0.191 e. The van der Waals surface area contributed by atoms with E-state index >= 15 is 0 Å². The number of piperidine rings is 1. The summed E-state index contributed by atoms with van der Waals surface area (Å²) in [4.78, 5) is 6.57. The van der Waals surface area contributed by atoms with Gasteiger partial charge in [0, 0.05) is 31.3 Å². The first kappa shape index (κ1) is 18.0. The maximum Gasteiger partial charge on any atom is 0.191 e. The number of nitrogens with zero attached hydrogens (tertiary/aromatic N) is 2. The summed E-state index contributed by atoms with van der Waals surface area (Å²) < 4.78 is 22.8. The standard InChI is InChI=1S/C13H25N3O2S.HI/c1-11-3-7-16(8-4-11)12(14)15-9-13(5-6-13)10-19(2,17)18;/h11H,3-10H2,1-2H3,(H2,14,15);1H. The lowest BCUT2D eigenvalue weighted by atomic mass is 10.00. The predicted molar refractivity (Wildman–Crippen MR) is 93.3 cm³/mol. The predicted octanol–water partition coefficient (Wildman–Crippen LogP) is 1.48. The van der Waals surface area contributed by atoms with E-state index in [1.165, 1.54) is 6.26 Å². The second kappa shape index (κ2) is 6.81. The van der Waals surface area contributed by atoms with Crippen LogP contribution in [0.3, 0.4) is 0 Å². The quantitative estimate of drug-likeness (QED) is 0.429. The zero-order chi connectivity index (χ0) is 14.1. The van der Waals surface area contributed by atoms with Crippen LogP contribution in [0.1, 0.15) is 32.6 Å². The molecule has 0 spiro atoms. The number of likely N-dealkylation sites (tertiary alicyclic amines) is 1. The van der Waals surface area contributed by atoms with Crippen molar-refractivity contribution in [2.45, 2.75) is 32.6 Å². The molecule has 7 heteroatoms. The van der Waals surface area contributed by atoms with Gasteiger partial charge in [0.25, 0.3) is 0 Å². The topological polar surface area (TPSA) is 75.8 Å². The third-order valence-electron chi connectivity index (χ3n) is 4.21. The minimum absolute atomic E-state index is 0. The van der Waals surface area contributed by atoms with Crippen molar-refractivity contribution < 1.29 is 8.42 Å². The summed E-state index contributed by atoms with van der Waals surface area (Å²) in [6, 6.07) is 0. The Morgan fingerprint density at radius 1 is 1.35 bits per heavy atom. The second-order valence-electron chi connectivity index (χ2n) is 6.41. The van der Waals surface area contributed by atoms with E-state index in [0.29, 0.717) is 12.5 Å². The minimum Gasteiger partial charge on any atom is -0.370 e. The first-order valence-corrected chi connectivity index (χ1v) is 9.08. The van der Waals surface area contributed by atoms with Gasteiger partial charge in [-0.3, -0.25) is 4.99 Å². The van der Waals surface area contributed by atoms with Crippen LogP contribution in [0.25, 0.3) is 0 Å². The van der Waals surface area contributed by atoms with E-state index in [4.69, 9.17) is 5.73 Å². The highest BCUT2D eigenvalue weighted by Gasteiger charge is 2.45. The summed E-state index contributed by atoms with van der Waals surface area (Å²) in [7, 11) is -2.92. The fraction of sp³-hybridized carbons (Fsp3) is 0.923. The van der Waals surface area contributed by atoms with Gasteiger partial charge in [-0.15, -0.1) is 24.0 Å². The van der Waals surface area contributed by atoms with Crippen molar-refractivity contribution in [3.8, 4) is 0 Å². The second-order valence-corrected chi connectivity index (χ2v) is 8.55. The van der Waals surface area contributed by atoms with Crippen LogP contribution in [0.15, 0.2) is 4.99 Å². The lowest BCUT2D eigenvalue weighted by Gasteiger charge is -2.31. The van der Waals surface area contributed by atoms with Gasteiger partial charge in [-0.25, -0.2) is 8.42 Å².